The van der Waals surface area contributed by atoms with Crippen LogP contribution in [0.5, 0.6) is 0 Å². The van der Waals surface area contributed by atoms with Crippen molar-refractivity contribution in [3.63, 3.8) is 0 Å². The lowest BCUT2D eigenvalue weighted by molar-refractivity contribution is -0.141. The minimum absolute atomic E-state index is 0.0287. The molecule has 2 atom stereocenters. The molecule has 0 aliphatic heterocycles. The van der Waals surface area contributed by atoms with Gasteiger partial charge in [-0.3, -0.25) is 10.1 Å². The number of amides is 3. The number of rotatable bonds is 4. The normalized spacial score (nSPS) is 20.8. The van der Waals surface area contributed by atoms with Crippen molar-refractivity contribution >= 4 is 23.7 Å². The third kappa shape index (κ3) is 6.18. The third-order valence-electron chi connectivity index (χ3n) is 3.94. The number of carbonyl (C=O) groups excluding carboxylic acids is 2. The van der Waals surface area contributed by atoms with Gasteiger partial charge in [0.1, 0.15) is 5.69 Å². The summed E-state index contributed by atoms with van der Waals surface area (Å²) >= 11 is 0.733. The highest BCUT2D eigenvalue weighted by Gasteiger charge is 2.32. The lowest BCUT2D eigenvalue weighted by Crippen LogP contribution is -2.48. The van der Waals surface area contributed by atoms with E-state index in [4.69, 9.17) is 0 Å². The van der Waals surface area contributed by atoms with Crippen LogP contribution in [0.4, 0.5) is 18.0 Å². The Morgan fingerprint density at radius 3 is 2.72 bits per heavy atom. The van der Waals surface area contributed by atoms with E-state index in [1.54, 1.807) is 0 Å². The minimum Gasteiger partial charge on any atom is -0.335 e. The fourth-order valence-corrected chi connectivity index (χ4v) is 3.23. The maximum absolute atomic E-state index is 12.6. The zero-order chi connectivity index (χ0) is 18.4. The van der Waals surface area contributed by atoms with E-state index in [2.05, 4.69) is 20.6 Å². The smallest absolute Gasteiger partial charge is 0.335 e. The standard InChI is InChI=1S/C15H19F3N4O2S/c1-9-4-2-3-5-10(9)20-13(24)22-12(23)8-25-14-19-7-6-11(21-14)15(16,17)18/h6-7,9-10H,2-5,8H2,1H3,(H2,20,22,23,24). The summed E-state index contributed by atoms with van der Waals surface area (Å²) in [6.07, 6.45) is 0.473. The van der Waals surface area contributed by atoms with Crippen molar-refractivity contribution in [1.29, 1.82) is 0 Å². The van der Waals surface area contributed by atoms with Crippen molar-refractivity contribution < 1.29 is 22.8 Å². The Morgan fingerprint density at radius 2 is 2.04 bits per heavy atom. The maximum atomic E-state index is 12.6. The number of hydrogen-bond acceptors (Lipinski definition) is 5. The molecule has 1 aliphatic rings. The monoisotopic (exact) mass is 376 g/mol. The van der Waals surface area contributed by atoms with Crippen LogP contribution in [0, 0.1) is 5.92 Å². The van der Waals surface area contributed by atoms with Gasteiger partial charge in [-0.15, -0.1) is 0 Å². The molecule has 6 nitrogen and oxygen atoms in total. The summed E-state index contributed by atoms with van der Waals surface area (Å²) in [7, 11) is 0. The SMILES string of the molecule is CC1CCCCC1NC(=O)NC(=O)CSc1nccc(C(F)(F)F)n1. The molecule has 0 radical (unpaired) electrons. The highest BCUT2D eigenvalue weighted by Crippen LogP contribution is 2.28. The van der Waals surface area contributed by atoms with Crippen molar-refractivity contribution in [2.75, 3.05) is 5.75 Å². The van der Waals surface area contributed by atoms with E-state index in [0.29, 0.717) is 5.92 Å². The van der Waals surface area contributed by atoms with Crippen LogP contribution >= 0.6 is 11.8 Å². The van der Waals surface area contributed by atoms with Gasteiger partial charge in [0.2, 0.25) is 5.91 Å². The van der Waals surface area contributed by atoms with Crippen LogP contribution in [0.25, 0.3) is 0 Å². The first-order valence-corrected chi connectivity index (χ1v) is 8.87. The minimum atomic E-state index is -4.57. The van der Waals surface area contributed by atoms with Crippen LogP contribution in [0.2, 0.25) is 0 Å². The Labute approximate surface area is 147 Å². The average molecular weight is 376 g/mol. The van der Waals surface area contributed by atoms with Gasteiger partial charge in [0.05, 0.1) is 5.75 Å². The van der Waals surface area contributed by atoms with Crippen molar-refractivity contribution in [2.45, 2.75) is 50.0 Å². The number of alkyl halides is 3. The number of halogens is 3. The Hall–Kier alpha value is -1.84. The molecule has 138 valence electrons. The summed E-state index contributed by atoms with van der Waals surface area (Å²) in [6, 6.07) is 0.193. The molecule has 3 amide bonds. The van der Waals surface area contributed by atoms with Crippen LogP contribution < -0.4 is 10.6 Å². The quantitative estimate of drug-likeness (QED) is 0.623. The molecular formula is C15H19F3N4O2S. The van der Waals surface area contributed by atoms with E-state index < -0.39 is 23.8 Å². The summed E-state index contributed by atoms with van der Waals surface area (Å²) in [5.41, 5.74) is -1.07. The second kappa shape index (κ2) is 8.50. The van der Waals surface area contributed by atoms with E-state index in [1.807, 2.05) is 6.92 Å². The van der Waals surface area contributed by atoms with E-state index in [-0.39, 0.29) is 17.0 Å². The van der Waals surface area contributed by atoms with E-state index >= 15 is 0 Å². The first-order chi connectivity index (χ1) is 11.8. The van der Waals surface area contributed by atoms with Crippen molar-refractivity contribution in [3.8, 4) is 0 Å². The summed E-state index contributed by atoms with van der Waals surface area (Å²) in [4.78, 5) is 30.6. The number of hydrogen-bond donors (Lipinski definition) is 2. The maximum Gasteiger partial charge on any atom is 0.433 e. The van der Waals surface area contributed by atoms with Gasteiger partial charge in [0.25, 0.3) is 0 Å². The van der Waals surface area contributed by atoms with Gasteiger partial charge < -0.3 is 5.32 Å². The molecule has 2 unspecified atom stereocenters. The molecule has 1 aromatic heterocycles. The molecule has 25 heavy (non-hydrogen) atoms. The largest absolute Gasteiger partial charge is 0.433 e. The van der Waals surface area contributed by atoms with Crippen molar-refractivity contribution in [2.24, 2.45) is 5.92 Å². The molecule has 0 saturated heterocycles. The van der Waals surface area contributed by atoms with Crippen LogP contribution in [0.1, 0.15) is 38.3 Å². The van der Waals surface area contributed by atoms with Gasteiger partial charge in [-0.25, -0.2) is 14.8 Å². The zero-order valence-electron chi connectivity index (χ0n) is 13.6. The van der Waals surface area contributed by atoms with E-state index in [1.165, 1.54) is 0 Å². The molecule has 1 heterocycles. The fraction of sp³-hybridized carbons (Fsp3) is 0.600. The van der Waals surface area contributed by atoms with Gasteiger partial charge in [-0.2, -0.15) is 13.2 Å². The Kier molecular flexibility index (Phi) is 6.63. The molecule has 0 aromatic carbocycles. The van der Waals surface area contributed by atoms with Crippen molar-refractivity contribution in [1.82, 2.24) is 20.6 Å². The summed E-state index contributed by atoms with van der Waals surface area (Å²) in [5, 5.41) is 4.77. The lowest BCUT2D eigenvalue weighted by Gasteiger charge is -2.29. The van der Waals surface area contributed by atoms with E-state index in [0.717, 1.165) is 49.7 Å². The lowest BCUT2D eigenvalue weighted by atomic mass is 9.86. The van der Waals surface area contributed by atoms with E-state index in [9.17, 15) is 22.8 Å². The molecular weight excluding hydrogens is 357 g/mol. The Balaban J connectivity index is 1.79. The third-order valence-corrected chi connectivity index (χ3v) is 4.80. The van der Waals surface area contributed by atoms with Gasteiger partial charge >= 0.3 is 12.2 Å². The number of carbonyl (C=O) groups is 2. The zero-order valence-corrected chi connectivity index (χ0v) is 14.4. The topological polar surface area (TPSA) is 84.0 Å². The fourth-order valence-electron chi connectivity index (χ4n) is 2.60. The van der Waals surface area contributed by atoms with Gasteiger partial charge in [0, 0.05) is 12.2 Å². The van der Waals surface area contributed by atoms with Crippen LogP contribution in [-0.2, 0) is 11.0 Å². The first kappa shape index (κ1) is 19.5. The molecule has 1 fully saturated rings. The Morgan fingerprint density at radius 1 is 1.32 bits per heavy atom. The Bertz CT molecular complexity index is 627. The molecule has 10 heteroatoms. The van der Waals surface area contributed by atoms with Crippen LogP contribution in [-0.4, -0.2) is 33.7 Å². The highest BCUT2D eigenvalue weighted by molar-refractivity contribution is 7.99. The number of urea groups is 1. The first-order valence-electron chi connectivity index (χ1n) is 7.89. The van der Waals surface area contributed by atoms with Crippen LogP contribution in [0.15, 0.2) is 17.4 Å². The van der Waals surface area contributed by atoms with Gasteiger partial charge in [-0.05, 0) is 24.8 Å². The summed E-state index contributed by atoms with van der Waals surface area (Å²) in [6.45, 7) is 2.05. The number of nitrogens with zero attached hydrogens (tertiary/aromatic N) is 2. The number of thioether (sulfide) groups is 1. The predicted molar refractivity (Wildman–Crippen MR) is 85.9 cm³/mol. The molecule has 1 saturated carbocycles. The second-order valence-electron chi connectivity index (χ2n) is 5.90. The summed E-state index contributed by atoms with van der Waals surface area (Å²) in [5.74, 6) is -0.524. The molecule has 2 N–H and O–H groups in total. The average Bonchev–Trinajstić information content (AvgIpc) is 2.54. The number of imide groups is 1. The van der Waals surface area contributed by atoms with Gasteiger partial charge in [0.15, 0.2) is 5.16 Å². The second-order valence-corrected chi connectivity index (χ2v) is 6.84. The predicted octanol–water partition coefficient (Wildman–Crippen LogP) is 2.99. The van der Waals surface area contributed by atoms with Gasteiger partial charge in [-0.1, -0.05) is 31.5 Å². The van der Waals surface area contributed by atoms with Crippen LogP contribution in [0.3, 0.4) is 0 Å². The molecule has 0 bridgehead atoms. The molecule has 1 aromatic rings. The summed E-state index contributed by atoms with van der Waals surface area (Å²) < 4.78 is 37.7. The number of aromatic nitrogens is 2. The van der Waals surface area contributed by atoms with Crippen molar-refractivity contribution in [3.05, 3.63) is 18.0 Å². The molecule has 2 rings (SSSR count). The molecule has 1 aliphatic carbocycles. The molecule has 0 spiro atoms. The number of nitrogens with one attached hydrogen (secondary N) is 2. The highest BCUT2D eigenvalue weighted by atomic mass is 32.2.